The maximum Gasteiger partial charge on any atom is 0.335 e. The first-order chi connectivity index (χ1) is 10.9. The van der Waals surface area contributed by atoms with Crippen LogP contribution in [0.1, 0.15) is 31.9 Å². The van der Waals surface area contributed by atoms with E-state index in [9.17, 15) is 14.0 Å². The first-order valence-electron chi connectivity index (χ1n) is 7.00. The second kappa shape index (κ2) is 7.56. The largest absolute Gasteiger partial charge is 0.487 e. The van der Waals surface area contributed by atoms with Crippen LogP contribution in [-0.2, 0) is 9.59 Å². The highest BCUT2D eigenvalue weighted by molar-refractivity contribution is 5.83. The maximum absolute atomic E-state index is 13.0. The summed E-state index contributed by atoms with van der Waals surface area (Å²) in [7, 11) is 0. The van der Waals surface area contributed by atoms with Crippen LogP contribution in [0.5, 0.6) is 5.75 Å². The lowest BCUT2D eigenvalue weighted by Gasteiger charge is -2.36. The van der Waals surface area contributed by atoms with Gasteiger partial charge in [0, 0.05) is 24.1 Å². The lowest BCUT2D eigenvalue weighted by Crippen LogP contribution is -2.39. The van der Waals surface area contributed by atoms with E-state index in [1.165, 1.54) is 12.1 Å². The number of carboxylic acids is 2. The molecule has 1 aliphatic rings. The lowest BCUT2D eigenvalue weighted by atomic mass is 9.90. The first-order valence-corrected chi connectivity index (χ1v) is 7.00. The van der Waals surface area contributed by atoms with Crippen LogP contribution in [0.3, 0.4) is 0 Å². The fraction of sp³-hybridized carbons (Fsp3) is 0.467. The highest BCUT2D eigenvalue weighted by atomic mass is 19.1. The number of rotatable bonds is 3. The van der Waals surface area contributed by atoms with Gasteiger partial charge in [0.15, 0.2) is 12.2 Å². The van der Waals surface area contributed by atoms with Crippen molar-refractivity contribution >= 4 is 11.9 Å². The van der Waals surface area contributed by atoms with E-state index in [2.05, 4.69) is 0 Å². The number of aliphatic hydroxyl groups is 2. The summed E-state index contributed by atoms with van der Waals surface area (Å²) < 4.78 is 18.6. The molecule has 3 unspecified atom stereocenters. The fourth-order valence-corrected chi connectivity index (χ4v) is 2.15. The Morgan fingerprint density at radius 1 is 1.25 bits per heavy atom. The number of carbonyl (C=O) groups is 2. The second-order valence-corrected chi connectivity index (χ2v) is 5.92. The molecule has 0 aromatic heterocycles. The molecule has 1 aromatic rings. The molecule has 0 radical (unpaired) electrons. The Hall–Kier alpha value is -2.23. The fourth-order valence-electron chi connectivity index (χ4n) is 2.15. The zero-order chi connectivity index (χ0) is 18.7. The van der Waals surface area contributed by atoms with Gasteiger partial charge >= 0.3 is 11.9 Å². The van der Waals surface area contributed by atoms with Gasteiger partial charge in [-0.1, -0.05) is 6.07 Å². The number of hydrogen-bond acceptors (Lipinski definition) is 6. The van der Waals surface area contributed by atoms with Crippen LogP contribution >= 0.6 is 0 Å². The van der Waals surface area contributed by atoms with Crippen molar-refractivity contribution in [3.05, 3.63) is 29.6 Å². The van der Waals surface area contributed by atoms with Crippen molar-refractivity contribution in [2.45, 2.75) is 44.1 Å². The Bertz CT molecular complexity index is 602. The molecule has 0 saturated heterocycles. The summed E-state index contributed by atoms with van der Waals surface area (Å²) in [5.41, 5.74) is 6.56. The summed E-state index contributed by atoms with van der Waals surface area (Å²) >= 11 is 0. The van der Waals surface area contributed by atoms with E-state index < -0.39 is 24.1 Å². The highest BCUT2D eigenvalue weighted by Crippen LogP contribution is 2.38. The quantitative estimate of drug-likeness (QED) is 0.523. The van der Waals surface area contributed by atoms with E-state index in [1.807, 2.05) is 13.8 Å². The Labute approximate surface area is 137 Å². The summed E-state index contributed by atoms with van der Waals surface area (Å²) in [5, 5.41) is 32.5. The van der Waals surface area contributed by atoms with Crippen LogP contribution in [0.2, 0.25) is 0 Å². The molecular formula is C15H20FNO7. The number of hydrogen-bond donors (Lipinski definition) is 5. The lowest BCUT2D eigenvalue weighted by molar-refractivity contribution is -0.165. The van der Waals surface area contributed by atoms with Crippen LogP contribution in [0.4, 0.5) is 4.39 Å². The van der Waals surface area contributed by atoms with Crippen LogP contribution in [0, 0.1) is 5.82 Å². The number of halogens is 1. The van der Waals surface area contributed by atoms with Gasteiger partial charge in [-0.25, -0.2) is 14.0 Å². The van der Waals surface area contributed by atoms with Crippen LogP contribution < -0.4 is 10.5 Å². The summed E-state index contributed by atoms with van der Waals surface area (Å²) in [6, 6.07) is 4.45. The SMILES string of the molecule is CC1(C)CC(N)c2ccc(F)cc2O1.O=C(O)C(O)C(O)C(=O)O. The molecule has 134 valence electrons. The van der Waals surface area contributed by atoms with Gasteiger partial charge in [-0.2, -0.15) is 0 Å². The van der Waals surface area contributed by atoms with Gasteiger partial charge in [0.2, 0.25) is 0 Å². The maximum atomic E-state index is 13.0. The summed E-state index contributed by atoms with van der Waals surface area (Å²) in [5.74, 6) is -3.24. The minimum Gasteiger partial charge on any atom is -0.487 e. The first kappa shape index (κ1) is 19.8. The number of fused-ring (bicyclic) bond motifs is 1. The smallest absolute Gasteiger partial charge is 0.335 e. The van der Waals surface area contributed by atoms with Gasteiger partial charge in [-0.15, -0.1) is 0 Å². The van der Waals surface area contributed by atoms with Crippen LogP contribution in [0.15, 0.2) is 18.2 Å². The molecule has 1 aromatic carbocycles. The molecule has 8 nitrogen and oxygen atoms in total. The topological polar surface area (TPSA) is 150 Å². The minimum atomic E-state index is -2.27. The molecule has 0 spiro atoms. The molecular weight excluding hydrogens is 325 g/mol. The number of carboxylic acid groups (broad SMARTS) is 2. The molecule has 0 bridgehead atoms. The zero-order valence-corrected chi connectivity index (χ0v) is 13.1. The van der Waals surface area contributed by atoms with E-state index in [4.69, 9.17) is 30.9 Å². The molecule has 24 heavy (non-hydrogen) atoms. The Morgan fingerprint density at radius 2 is 1.75 bits per heavy atom. The minimum absolute atomic E-state index is 0.0608. The number of benzene rings is 1. The molecule has 0 saturated carbocycles. The van der Waals surface area contributed by atoms with Gasteiger partial charge < -0.3 is 30.9 Å². The number of ether oxygens (including phenoxy) is 1. The molecule has 0 fully saturated rings. The molecule has 0 aliphatic carbocycles. The zero-order valence-electron chi connectivity index (χ0n) is 13.1. The van der Waals surface area contributed by atoms with Crippen molar-refractivity contribution in [1.82, 2.24) is 0 Å². The third-order valence-electron chi connectivity index (χ3n) is 3.28. The van der Waals surface area contributed by atoms with E-state index in [0.29, 0.717) is 5.75 Å². The number of nitrogens with two attached hydrogens (primary N) is 1. The van der Waals surface area contributed by atoms with Crippen molar-refractivity contribution in [2.24, 2.45) is 5.73 Å². The summed E-state index contributed by atoms with van der Waals surface area (Å²) in [6.07, 6.45) is -3.78. The van der Waals surface area contributed by atoms with Gasteiger partial charge in [0.05, 0.1) is 0 Å². The van der Waals surface area contributed by atoms with Crippen LogP contribution in [0.25, 0.3) is 0 Å². The number of aliphatic hydroxyl groups excluding tert-OH is 2. The average Bonchev–Trinajstić information content (AvgIpc) is 2.44. The van der Waals surface area contributed by atoms with Crippen LogP contribution in [-0.4, -0.2) is 50.2 Å². The Morgan fingerprint density at radius 3 is 2.21 bits per heavy atom. The summed E-state index contributed by atoms with van der Waals surface area (Å²) in [4.78, 5) is 19.5. The summed E-state index contributed by atoms with van der Waals surface area (Å²) in [6.45, 7) is 3.92. The monoisotopic (exact) mass is 345 g/mol. The normalized spacial score (nSPS) is 20.5. The van der Waals surface area contributed by atoms with Gasteiger partial charge in [-0.3, -0.25) is 0 Å². The van der Waals surface area contributed by atoms with Gasteiger partial charge in [0.25, 0.3) is 0 Å². The molecule has 0 amide bonds. The molecule has 6 N–H and O–H groups in total. The van der Waals surface area contributed by atoms with Crippen molar-refractivity contribution in [3.8, 4) is 5.75 Å². The van der Waals surface area contributed by atoms with E-state index in [-0.39, 0.29) is 17.5 Å². The van der Waals surface area contributed by atoms with Crippen molar-refractivity contribution in [2.75, 3.05) is 0 Å². The highest BCUT2D eigenvalue weighted by Gasteiger charge is 2.32. The average molecular weight is 345 g/mol. The van der Waals surface area contributed by atoms with Gasteiger partial charge in [0.1, 0.15) is 17.2 Å². The molecule has 1 aliphatic heterocycles. The predicted molar refractivity (Wildman–Crippen MR) is 79.9 cm³/mol. The van der Waals surface area contributed by atoms with Crippen molar-refractivity contribution < 1.29 is 39.1 Å². The van der Waals surface area contributed by atoms with Gasteiger partial charge in [-0.05, 0) is 19.9 Å². The standard InChI is InChI=1S/C11H14FNO.C4H6O6/c1-11(2)6-9(13)8-4-3-7(12)5-10(8)14-11;5-1(3(7)8)2(6)4(9)10/h3-5,9H,6,13H2,1-2H3;1-2,5-6H,(H,7,8)(H,9,10). The molecule has 3 atom stereocenters. The van der Waals surface area contributed by atoms with Crippen molar-refractivity contribution in [3.63, 3.8) is 0 Å². The molecule has 2 rings (SSSR count). The Kier molecular flexibility index (Phi) is 6.24. The van der Waals surface area contributed by atoms with E-state index in [0.717, 1.165) is 12.0 Å². The van der Waals surface area contributed by atoms with E-state index in [1.54, 1.807) is 6.07 Å². The van der Waals surface area contributed by atoms with Crippen molar-refractivity contribution in [1.29, 1.82) is 0 Å². The number of aliphatic carboxylic acids is 2. The predicted octanol–water partition coefficient (Wildman–Crippen LogP) is 0.264. The Balaban J connectivity index is 0.000000257. The third-order valence-corrected chi connectivity index (χ3v) is 3.28. The molecule has 9 heteroatoms. The van der Waals surface area contributed by atoms with E-state index >= 15 is 0 Å². The molecule has 1 heterocycles. The second-order valence-electron chi connectivity index (χ2n) is 5.92. The third kappa shape index (κ3) is 5.15.